The summed E-state index contributed by atoms with van der Waals surface area (Å²) in [5, 5.41) is 10.1. The minimum absolute atomic E-state index is 0.0105. The van der Waals surface area contributed by atoms with Crippen LogP contribution in [0.3, 0.4) is 0 Å². The third-order valence-electron chi connectivity index (χ3n) is 1.92. The Morgan fingerprint density at radius 1 is 1.41 bits per heavy atom. The standard InChI is InChI=1S/C10H12N2O4S/c13-10(11(6-7-17)12(14)15)16-8-9-4-2-1-3-5-9/h1-5,17H,6-8H2. The third kappa shape index (κ3) is 4.31. The first-order chi connectivity index (χ1) is 8.15. The Hall–Kier alpha value is -1.76. The number of hydrogen-bond acceptors (Lipinski definition) is 5. The van der Waals surface area contributed by atoms with Crippen molar-refractivity contribution in [1.82, 2.24) is 5.01 Å². The Morgan fingerprint density at radius 2 is 2.06 bits per heavy atom. The normalized spacial score (nSPS) is 9.71. The van der Waals surface area contributed by atoms with Crippen molar-refractivity contribution in [3.05, 3.63) is 46.0 Å². The predicted molar refractivity (Wildman–Crippen MR) is 64.2 cm³/mol. The molecular weight excluding hydrogens is 244 g/mol. The quantitative estimate of drug-likeness (QED) is 0.495. The van der Waals surface area contributed by atoms with E-state index >= 15 is 0 Å². The van der Waals surface area contributed by atoms with Crippen molar-refractivity contribution in [2.24, 2.45) is 0 Å². The molecule has 7 heteroatoms. The molecule has 0 saturated heterocycles. The van der Waals surface area contributed by atoms with Gasteiger partial charge in [-0.15, -0.1) is 0 Å². The smallest absolute Gasteiger partial charge is 0.441 e. The highest BCUT2D eigenvalue weighted by Gasteiger charge is 2.24. The van der Waals surface area contributed by atoms with E-state index in [0.29, 0.717) is 5.01 Å². The number of nitro groups is 1. The van der Waals surface area contributed by atoms with Crippen LogP contribution in [0, 0.1) is 10.1 Å². The molecule has 1 amide bonds. The van der Waals surface area contributed by atoms with Gasteiger partial charge in [0.05, 0.1) is 0 Å². The van der Waals surface area contributed by atoms with Crippen molar-refractivity contribution in [2.45, 2.75) is 6.61 Å². The van der Waals surface area contributed by atoms with E-state index in [-0.39, 0.29) is 18.9 Å². The Kier molecular flexibility index (Phi) is 5.28. The van der Waals surface area contributed by atoms with Crippen LogP contribution in [0.25, 0.3) is 0 Å². The topological polar surface area (TPSA) is 72.7 Å². The van der Waals surface area contributed by atoms with E-state index < -0.39 is 11.1 Å². The van der Waals surface area contributed by atoms with Crippen LogP contribution in [0.2, 0.25) is 0 Å². The van der Waals surface area contributed by atoms with E-state index in [1.54, 1.807) is 24.3 Å². The fourth-order valence-corrected chi connectivity index (χ4v) is 1.32. The summed E-state index contributed by atoms with van der Waals surface area (Å²) >= 11 is 3.83. The molecule has 1 rings (SSSR count). The number of thiol groups is 1. The zero-order valence-electron chi connectivity index (χ0n) is 8.98. The molecule has 0 atom stereocenters. The molecule has 92 valence electrons. The lowest BCUT2D eigenvalue weighted by atomic mass is 10.2. The van der Waals surface area contributed by atoms with E-state index in [0.717, 1.165) is 5.56 Å². The van der Waals surface area contributed by atoms with Gasteiger partial charge in [-0.05, 0) is 10.6 Å². The van der Waals surface area contributed by atoms with E-state index in [1.807, 2.05) is 6.07 Å². The van der Waals surface area contributed by atoms with Crippen LogP contribution in [0.1, 0.15) is 5.56 Å². The van der Waals surface area contributed by atoms with Crippen molar-refractivity contribution >= 4 is 18.7 Å². The molecule has 0 spiro atoms. The molecule has 0 aliphatic heterocycles. The number of amides is 1. The fraction of sp³-hybridized carbons (Fsp3) is 0.300. The van der Waals surface area contributed by atoms with Gasteiger partial charge in [-0.3, -0.25) is 0 Å². The van der Waals surface area contributed by atoms with Gasteiger partial charge < -0.3 is 4.74 Å². The molecule has 0 bridgehead atoms. The number of benzene rings is 1. The molecule has 0 aliphatic rings. The van der Waals surface area contributed by atoms with Crippen LogP contribution < -0.4 is 0 Å². The summed E-state index contributed by atoms with van der Waals surface area (Å²) in [5.74, 6) is 0.196. The SMILES string of the molecule is O=C(OCc1ccccc1)N(CCS)[N+](=O)[O-]. The van der Waals surface area contributed by atoms with E-state index in [9.17, 15) is 14.9 Å². The molecule has 0 N–H and O–H groups in total. The Balaban J connectivity index is 2.50. The highest BCUT2D eigenvalue weighted by Crippen LogP contribution is 2.03. The average Bonchev–Trinajstić information content (AvgIpc) is 2.34. The molecular formula is C10H12N2O4S. The summed E-state index contributed by atoms with van der Waals surface area (Å²) in [7, 11) is 0. The number of rotatable bonds is 5. The maximum absolute atomic E-state index is 11.4. The van der Waals surface area contributed by atoms with Crippen molar-refractivity contribution in [3.8, 4) is 0 Å². The summed E-state index contributed by atoms with van der Waals surface area (Å²) < 4.78 is 4.82. The first-order valence-corrected chi connectivity index (χ1v) is 5.51. The van der Waals surface area contributed by atoms with Crippen molar-refractivity contribution in [2.75, 3.05) is 12.3 Å². The predicted octanol–water partition coefficient (Wildman–Crippen LogP) is 1.75. The summed E-state index contributed by atoms with van der Waals surface area (Å²) in [6.45, 7) is -0.0830. The minimum atomic E-state index is -0.979. The lowest BCUT2D eigenvalue weighted by Gasteiger charge is -2.11. The van der Waals surface area contributed by atoms with Crippen LogP contribution in [-0.2, 0) is 11.3 Å². The second-order valence-corrected chi connectivity index (χ2v) is 3.57. The minimum Gasteiger partial charge on any atom is -0.441 e. The average molecular weight is 256 g/mol. The van der Waals surface area contributed by atoms with Gasteiger partial charge in [0, 0.05) is 5.75 Å². The van der Waals surface area contributed by atoms with Gasteiger partial charge in [0.15, 0.2) is 5.03 Å². The van der Waals surface area contributed by atoms with Gasteiger partial charge >= 0.3 is 6.09 Å². The first kappa shape index (κ1) is 13.3. The molecule has 1 aromatic carbocycles. The second-order valence-electron chi connectivity index (χ2n) is 3.12. The van der Waals surface area contributed by atoms with Crippen LogP contribution >= 0.6 is 12.6 Å². The summed E-state index contributed by atoms with van der Waals surface area (Å²) in [6.07, 6.45) is -0.979. The number of carbonyl (C=O) groups is 1. The molecule has 0 aromatic heterocycles. The third-order valence-corrected chi connectivity index (χ3v) is 2.12. The summed E-state index contributed by atoms with van der Waals surface area (Å²) in [4.78, 5) is 21.9. The lowest BCUT2D eigenvalue weighted by Crippen LogP contribution is -2.38. The molecule has 0 unspecified atom stereocenters. The summed E-state index contributed by atoms with van der Waals surface area (Å²) in [5.41, 5.74) is 0.773. The number of carbonyl (C=O) groups excluding carboxylic acids is 1. The molecule has 0 heterocycles. The summed E-state index contributed by atoms with van der Waals surface area (Å²) in [6, 6.07) is 8.95. The van der Waals surface area contributed by atoms with Gasteiger partial charge in [-0.1, -0.05) is 30.3 Å². The second kappa shape index (κ2) is 6.74. The van der Waals surface area contributed by atoms with Gasteiger partial charge in [0.1, 0.15) is 13.2 Å². The Labute approximate surface area is 104 Å². The molecule has 0 fully saturated rings. The van der Waals surface area contributed by atoms with E-state index in [2.05, 4.69) is 12.6 Å². The van der Waals surface area contributed by atoms with E-state index in [4.69, 9.17) is 4.74 Å². The number of hydrazine groups is 1. The van der Waals surface area contributed by atoms with Crippen LogP contribution in [-0.4, -0.2) is 28.4 Å². The maximum atomic E-state index is 11.4. The molecule has 6 nitrogen and oxygen atoms in total. The zero-order valence-corrected chi connectivity index (χ0v) is 9.88. The fourth-order valence-electron chi connectivity index (χ4n) is 1.13. The molecule has 0 aliphatic carbocycles. The number of nitrogens with zero attached hydrogens (tertiary/aromatic N) is 2. The van der Waals surface area contributed by atoms with Crippen molar-refractivity contribution in [1.29, 1.82) is 0 Å². The highest BCUT2D eigenvalue weighted by atomic mass is 32.1. The van der Waals surface area contributed by atoms with Crippen LogP contribution in [0.15, 0.2) is 30.3 Å². The Bertz CT molecular complexity index is 385. The molecule has 0 saturated carbocycles. The highest BCUT2D eigenvalue weighted by molar-refractivity contribution is 7.80. The van der Waals surface area contributed by atoms with Gasteiger partial charge in [-0.2, -0.15) is 12.6 Å². The Morgan fingerprint density at radius 3 is 2.59 bits per heavy atom. The van der Waals surface area contributed by atoms with Gasteiger partial charge in [-0.25, -0.2) is 14.9 Å². The first-order valence-electron chi connectivity index (χ1n) is 4.88. The monoisotopic (exact) mass is 256 g/mol. The van der Waals surface area contributed by atoms with Crippen molar-refractivity contribution < 1.29 is 14.6 Å². The van der Waals surface area contributed by atoms with Crippen molar-refractivity contribution in [3.63, 3.8) is 0 Å². The van der Waals surface area contributed by atoms with Crippen LogP contribution in [0.5, 0.6) is 0 Å². The van der Waals surface area contributed by atoms with Crippen LogP contribution in [0.4, 0.5) is 4.79 Å². The molecule has 17 heavy (non-hydrogen) atoms. The van der Waals surface area contributed by atoms with E-state index in [1.165, 1.54) is 0 Å². The van der Waals surface area contributed by atoms with Gasteiger partial charge in [0.25, 0.3) is 0 Å². The molecule has 1 aromatic rings. The number of ether oxygens (including phenoxy) is 1. The number of hydrogen-bond donors (Lipinski definition) is 1. The molecule has 0 radical (unpaired) electrons. The lowest BCUT2D eigenvalue weighted by molar-refractivity contribution is -0.634. The van der Waals surface area contributed by atoms with Gasteiger partial charge in [0.2, 0.25) is 0 Å². The zero-order chi connectivity index (χ0) is 12.7. The largest absolute Gasteiger partial charge is 0.468 e. The maximum Gasteiger partial charge on any atom is 0.468 e.